The third-order valence-corrected chi connectivity index (χ3v) is 6.58. The minimum atomic E-state index is 0.159. The highest BCUT2D eigenvalue weighted by molar-refractivity contribution is 5.94. The number of carbonyl (C=O) groups excluding carboxylic acids is 1. The Balaban J connectivity index is 1.33. The summed E-state index contributed by atoms with van der Waals surface area (Å²) in [5.74, 6) is 1.05. The van der Waals surface area contributed by atoms with Gasteiger partial charge in [-0.1, -0.05) is 0 Å². The van der Waals surface area contributed by atoms with E-state index >= 15 is 0 Å². The van der Waals surface area contributed by atoms with Crippen LogP contribution in [0.4, 0.5) is 11.4 Å². The van der Waals surface area contributed by atoms with Crippen LogP contribution in [-0.4, -0.2) is 82.2 Å². The first-order chi connectivity index (χ1) is 15.0. The zero-order chi connectivity index (χ0) is 21.8. The van der Waals surface area contributed by atoms with Gasteiger partial charge in [-0.15, -0.1) is 0 Å². The molecule has 1 atom stereocenters. The van der Waals surface area contributed by atoms with Gasteiger partial charge in [-0.3, -0.25) is 9.69 Å². The molecule has 2 aliphatic rings. The topological polar surface area (TPSA) is 39.3 Å². The molecule has 0 spiro atoms. The first-order valence-corrected chi connectivity index (χ1v) is 11.2. The second kappa shape index (κ2) is 9.60. The molecule has 0 aromatic heterocycles. The fourth-order valence-electron chi connectivity index (χ4n) is 4.66. The highest BCUT2D eigenvalue weighted by Gasteiger charge is 2.30. The smallest absolute Gasteiger partial charge is 0.253 e. The van der Waals surface area contributed by atoms with Crippen molar-refractivity contribution in [2.75, 3.05) is 70.3 Å². The van der Waals surface area contributed by atoms with Crippen LogP contribution in [-0.2, 0) is 0 Å². The fraction of sp³-hybridized carbons (Fsp3) is 0.480. The molecule has 6 nitrogen and oxygen atoms in total. The third kappa shape index (κ3) is 4.96. The SMILES string of the molecule is COc1ccc(N2CCN(C3CCCN(C(=O)c4ccc(N(C)C)cc4)C3)CC2)cc1. The van der Waals surface area contributed by atoms with E-state index in [0.717, 1.165) is 62.7 Å². The Hall–Kier alpha value is -2.73. The molecule has 0 saturated carbocycles. The number of hydrogen-bond donors (Lipinski definition) is 0. The quantitative estimate of drug-likeness (QED) is 0.740. The van der Waals surface area contributed by atoms with Crippen molar-refractivity contribution in [2.45, 2.75) is 18.9 Å². The van der Waals surface area contributed by atoms with Gasteiger partial charge in [-0.25, -0.2) is 0 Å². The summed E-state index contributed by atoms with van der Waals surface area (Å²) in [7, 11) is 5.73. The molecular formula is C25H34N4O2. The van der Waals surface area contributed by atoms with Gasteiger partial charge in [-0.2, -0.15) is 0 Å². The minimum absolute atomic E-state index is 0.159. The van der Waals surface area contributed by atoms with Crippen molar-refractivity contribution < 1.29 is 9.53 Å². The first-order valence-electron chi connectivity index (χ1n) is 11.2. The van der Waals surface area contributed by atoms with Crippen LogP contribution in [0.25, 0.3) is 0 Å². The Labute approximate surface area is 186 Å². The molecule has 6 heteroatoms. The number of ether oxygens (including phenoxy) is 1. The van der Waals surface area contributed by atoms with E-state index in [9.17, 15) is 4.79 Å². The third-order valence-electron chi connectivity index (χ3n) is 6.58. The summed E-state index contributed by atoms with van der Waals surface area (Å²) in [6.07, 6.45) is 2.25. The van der Waals surface area contributed by atoms with E-state index in [2.05, 4.69) is 31.7 Å². The van der Waals surface area contributed by atoms with Crippen LogP contribution in [0.1, 0.15) is 23.2 Å². The minimum Gasteiger partial charge on any atom is -0.497 e. The molecule has 2 aromatic carbocycles. The van der Waals surface area contributed by atoms with E-state index < -0.39 is 0 Å². The number of likely N-dealkylation sites (tertiary alicyclic amines) is 1. The highest BCUT2D eigenvalue weighted by atomic mass is 16.5. The van der Waals surface area contributed by atoms with Crippen molar-refractivity contribution in [3.8, 4) is 5.75 Å². The molecule has 31 heavy (non-hydrogen) atoms. The average Bonchev–Trinajstić information content (AvgIpc) is 2.84. The van der Waals surface area contributed by atoms with Gasteiger partial charge in [0.2, 0.25) is 0 Å². The van der Waals surface area contributed by atoms with Gasteiger partial charge in [-0.05, 0) is 61.4 Å². The zero-order valence-corrected chi connectivity index (χ0v) is 19.0. The van der Waals surface area contributed by atoms with Crippen molar-refractivity contribution in [1.82, 2.24) is 9.80 Å². The van der Waals surface area contributed by atoms with Crippen LogP contribution in [0.3, 0.4) is 0 Å². The van der Waals surface area contributed by atoms with E-state index in [0.29, 0.717) is 6.04 Å². The first kappa shape index (κ1) is 21.5. The fourth-order valence-corrected chi connectivity index (χ4v) is 4.66. The number of hydrogen-bond acceptors (Lipinski definition) is 5. The normalized spacial score (nSPS) is 19.9. The molecule has 0 bridgehead atoms. The van der Waals surface area contributed by atoms with Gasteiger partial charge in [0.05, 0.1) is 7.11 Å². The Morgan fingerprint density at radius 2 is 1.61 bits per heavy atom. The second-order valence-electron chi connectivity index (χ2n) is 8.71. The lowest BCUT2D eigenvalue weighted by Crippen LogP contribution is -2.55. The molecule has 4 rings (SSSR count). The number of benzene rings is 2. The molecule has 2 aliphatic heterocycles. The number of carbonyl (C=O) groups is 1. The number of nitrogens with zero attached hydrogens (tertiary/aromatic N) is 4. The van der Waals surface area contributed by atoms with E-state index in [4.69, 9.17) is 4.74 Å². The maximum absolute atomic E-state index is 13.1. The van der Waals surface area contributed by atoms with Crippen LogP contribution < -0.4 is 14.5 Å². The Morgan fingerprint density at radius 3 is 2.23 bits per heavy atom. The summed E-state index contributed by atoms with van der Waals surface area (Å²) in [5, 5.41) is 0. The summed E-state index contributed by atoms with van der Waals surface area (Å²) in [6.45, 7) is 5.80. The number of anilines is 2. The molecular weight excluding hydrogens is 388 g/mol. The van der Waals surface area contributed by atoms with Crippen molar-refractivity contribution in [2.24, 2.45) is 0 Å². The summed E-state index contributed by atoms with van der Waals surface area (Å²) >= 11 is 0. The monoisotopic (exact) mass is 422 g/mol. The lowest BCUT2D eigenvalue weighted by Gasteiger charge is -2.44. The molecule has 2 saturated heterocycles. The predicted octanol–water partition coefficient (Wildman–Crippen LogP) is 3.19. The van der Waals surface area contributed by atoms with Gasteiger partial charge in [0.15, 0.2) is 0 Å². The second-order valence-corrected chi connectivity index (χ2v) is 8.71. The molecule has 1 unspecified atom stereocenters. The molecule has 166 valence electrons. The molecule has 0 aliphatic carbocycles. The molecule has 1 amide bonds. The van der Waals surface area contributed by atoms with Crippen molar-refractivity contribution in [3.05, 3.63) is 54.1 Å². The van der Waals surface area contributed by atoms with Crippen LogP contribution in [0.2, 0.25) is 0 Å². The number of piperidine rings is 1. The van der Waals surface area contributed by atoms with Crippen molar-refractivity contribution in [1.29, 1.82) is 0 Å². The molecule has 2 heterocycles. The van der Waals surface area contributed by atoms with Gasteiger partial charge < -0.3 is 19.4 Å². The van der Waals surface area contributed by atoms with Gasteiger partial charge >= 0.3 is 0 Å². The van der Waals surface area contributed by atoms with E-state index in [1.165, 1.54) is 12.1 Å². The molecule has 0 N–H and O–H groups in total. The van der Waals surface area contributed by atoms with Gasteiger partial charge in [0.25, 0.3) is 5.91 Å². The molecule has 2 aromatic rings. The van der Waals surface area contributed by atoms with Crippen LogP contribution in [0.15, 0.2) is 48.5 Å². The number of piperazine rings is 1. The predicted molar refractivity (Wildman–Crippen MR) is 126 cm³/mol. The summed E-state index contributed by atoms with van der Waals surface area (Å²) < 4.78 is 5.27. The molecule has 2 fully saturated rings. The lowest BCUT2D eigenvalue weighted by molar-refractivity contribution is 0.0563. The maximum atomic E-state index is 13.1. The summed E-state index contributed by atoms with van der Waals surface area (Å²) in [5.41, 5.74) is 3.15. The average molecular weight is 423 g/mol. The van der Waals surface area contributed by atoms with Gasteiger partial charge in [0.1, 0.15) is 5.75 Å². The summed E-state index contributed by atoms with van der Waals surface area (Å²) in [4.78, 5) is 22.2. The summed E-state index contributed by atoms with van der Waals surface area (Å²) in [6, 6.07) is 16.7. The molecule has 0 radical (unpaired) electrons. The van der Waals surface area contributed by atoms with E-state index in [1.54, 1.807) is 7.11 Å². The highest BCUT2D eigenvalue weighted by Crippen LogP contribution is 2.24. The standard InChI is InChI=1S/C25H34N4O2/c1-26(2)21-8-6-20(7-9-21)25(30)29-14-4-5-23(19-29)28-17-15-27(16-18-28)22-10-12-24(31-3)13-11-22/h6-13,23H,4-5,14-19H2,1-3H3. The van der Waals surface area contributed by atoms with Crippen LogP contribution in [0.5, 0.6) is 5.75 Å². The van der Waals surface area contributed by atoms with Crippen LogP contribution in [0, 0.1) is 0 Å². The number of rotatable bonds is 5. The number of amides is 1. The zero-order valence-electron chi connectivity index (χ0n) is 19.0. The number of methoxy groups -OCH3 is 1. The van der Waals surface area contributed by atoms with E-state index in [-0.39, 0.29) is 5.91 Å². The Bertz CT molecular complexity index is 858. The Morgan fingerprint density at radius 1 is 0.935 bits per heavy atom. The van der Waals surface area contributed by atoms with Gasteiger partial charge in [0, 0.05) is 76.3 Å². The van der Waals surface area contributed by atoms with Crippen molar-refractivity contribution >= 4 is 17.3 Å². The largest absolute Gasteiger partial charge is 0.497 e. The van der Waals surface area contributed by atoms with Crippen LogP contribution >= 0.6 is 0 Å². The lowest BCUT2D eigenvalue weighted by atomic mass is 10.0. The Kier molecular flexibility index (Phi) is 6.66. The van der Waals surface area contributed by atoms with E-state index in [1.807, 2.05) is 50.5 Å². The maximum Gasteiger partial charge on any atom is 0.253 e. The van der Waals surface area contributed by atoms with Crippen molar-refractivity contribution in [3.63, 3.8) is 0 Å².